The third-order valence-corrected chi connectivity index (χ3v) is 3.79. The molecule has 0 aliphatic rings. The largest absolute Gasteiger partial charge is 0.487 e. The highest BCUT2D eigenvalue weighted by Crippen LogP contribution is 2.27. The van der Waals surface area contributed by atoms with Crippen LogP contribution in [0.25, 0.3) is 0 Å². The highest BCUT2D eigenvalue weighted by Gasteiger charge is 2.15. The molecule has 0 heterocycles. The van der Waals surface area contributed by atoms with E-state index in [1.807, 2.05) is 19.1 Å². The lowest BCUT2D eigenvalue weighted by molar-refractivity contribution is 0.0814. The maximum atomic E-state index is 12.2. The molecule has 0 saturated heterocycles. The van der Waals surface area contributed by atoms with Crippen molar-refractivity contribution in [3.05, 3.63) is 29.3 Å². The van der Waals surface area contributed by atoms with Crippen molar-refractivity contribution in [1.29, 1.82) is 0 Å². The Morgan fingerprint density at radius 1 is 1.33 bits per heavy atom. The van der Waals surface area contributed by atoms with E-state index >= 15 is 0 Å². The summed E-state index contributed by atoms with van der Waals surface area (Å²) in [7, 11) is 0. The molecule has 3 N–H and O–H groups in total. The molecule has 0 radical (unpaired) electrons. The van der Waals surface area contributed by atoms with E-state index in [-0.39, 0.29) is 17.3 Å². The summed E-state index contributed by atoms with van der Waals surface area (Å²) in [5, 5.41) is 0. The first kappa shape index (κ1) is 18.2. The molecule has 1 aromatic carbocycles. The molecule has 0 spiro atoms. The van der Waals surface area contributed by atoms with Crippen LogP contribution in [0.5, 0.6) is 5.75 Å². The molecular formula is C15H24F2N2OS. The number of benzene rings is 1. The van der Waals surface area contributed by atoms with Gasteiger partial charge < -0.3 is 10.5 Å². The zero-order chi connectivity index (χ0) is 16.0. The fourth-order valence-corrected chi connectivity index (χ4v) is 2.32. The predicted octanol–water partition coefficient (Wildman–Crippen LogP) is 3.89. The number of rotatable bonds is 7. The van der Waals surface area contributed by atoms with Gasteiger partial charge >= 0.3 is 0 Å². The van der Waals surface area contributed by atoms with Gasteiger partial charge in [-0.15, -0.1) is 0 Å². The number of hydrogen-bond donors (Lipinski definition) is 2. The minimum Gasteiger partial charge on any atom is -0.487 e. The molecule has 1 atom stereocenters. The number of hydrogen-bond acceptors (Lipinski definition) is 4. The molecule has 0 saturated carbocycles. The van der Waals surface area contributed by atoms with E-state index in [0.29, 0.717) is 5.75 Å². The van der Waals surface area contributed by atoms with E-state index in [9.17, 15) is 8.78 Å². The second-order valence-electron chi connectivity index (χ2n) is 5.83. The van der Waals surface area contributed by atoms with Crippen molar-refractivity contribution in [3.8, 4) is 5.75 Å². The van der Waals surface area contributed by atoms with E-state index in [1.165, 1.54) is 0 Å². The van der Waals surface area contributed by atoms with Gasteiger partial charge in [0.25, 0.3) is 6.43 Å². The maximum Gasteiger partial charge on any atom is 0.272 e. The molecule has 3 nitrogen and oxygen atoms in total. The van der Waals surface area contributed by atoms with Crippen molar-refractivity contribution in [1.82, 2.24) is 4.72 Å². The summed E-state index contributed by atoms with van der Waals surface area (Å²) in [6.45, 7) is 8.08. The summed E-state index contributed by atoms with van der Waals surface area (Å²) in [5.41, 5.74) is 7.47. The van der Waals surface area contributed by atoms with Crippen molar-refractivity contribution in [2.45, 2.75) is 51.5 Å². The Kier molecular flexibility index (Phi) is 6.90. The number of ether oxygens (including phenoxy) is 1. The Labute approximate surface area is 129 Å². The number of nitrogens with one attached hydrogen (secondary N) is 1. The van der Waals surface area contributed by atoms with Gasteiger partial charge in [-0.3, -0.25) is 4.72 Å². The Morgan fingerprint density at radius 2 is 2.00 bits per heavy atom. The molecule has 0 aliphatic heterocycles. The van der Waals surface area contributed by atoms with Gasteiger partial charge in [-0.2, -0.15) is 0 Å². The van der Waals surface area contributed by atoms with Gasteiger partial charge in [-0.05, 0) is 45.4 Å². The van der Waals surface area contributed by atoms with Crippen LogP contribution in [0.3, 0.4) is 0 Å². The van der Waals surface area contributed by atoms with Gasteiger partial charge in [-0.1, -0.05) is 18.0 Å². The van der Waals surface area contributed by atoms with Crippen LogP contribution >= 0.6 is 11.9 Å². The predicted molar refractivity (Wildman–Crippen MR) is 84.7 cm³/mol. The normalized spacial score (nSPS) is 13.5. The smallest absolute Gasteiger partial charge is 0.272 e. The van der Waals surface area contributed by atoms with Crippen LogP contribution in [0.15, 0.2) is 18.2 Å². The molecule has 0 aliphatic carbocycles. The highest BCUT2D eigenvalue weighted by atomic mass is 32.2. The molecule has 6 heteroatoms. The average Bonchev–Trinajstić information content (AvgIpc) is 2.41. The second kappa shape index (κ2) is 7.96. The summed E-state index contributed by atoms with van der Waals surface area (Å²) in [6, 6.07) is 5.62. The monoisotopic (exact) mass is 318 g/mol. The van der Waals surface area contributed by atoms with Crippen LogP contribution in [-0.4, -0.2) is 17.8 Å². The molecule has 1 rings (SSSR count). The summed E-state index contributed by atoms with van der Waals surface area (Å²) in [5.74, 6) is 0.428. The van der Waals surface area contributed by atoms with Crippen molar-refractivity contribution >= 4 is 11.9 Å². The zero-order valence-corrected chi connectivity index (χ0v) is 13.8. The fourth-order valence-electron chi connectivity index (χ4n) is 1.66. The van der Waals surface area contributed by atoms with E-state index in [1.54, 1.807) is 18.0 Å². The number of nitrogens with two attached hydrogens (primary N) is 1. The van der Waals surface area contributed by atoms with Gasteiger partial charge in [0.2, 0.25) is 0 Å². The minimum atomic E-state index is -2.49. The zero-order valence-electron chi connectivity index (χ0n) is 13.0. The van der Waals surface area contributed by atoms with Gasteiger partial charge in [-0.25, -0.2) is 8.78 Å². The fraction of sp³-hybridized carbons (Fsp3) is 0.600. The van der Waals surface area contributed by atoms with E-state index < -0.39 is 13.0 Å². The average molecular weight is 318 g/mol. The molecule has 120 valence electrons. The van der Waals surface area contributed by atoms with Crippen LogP contribution in [0.1, 0.15) is 44.9 Å². The minimum absolute atomic E-state index is 0.116. The van der Waals surface area contributed by atoms with Gasteiger partial charge in [0.1, 0.15) is 12.4 Å². The molecule has 0 amide bonds. The Hall–Kier alpha value is -0.850. The lowest BCUT2D eigenvalue weighted by Gasteiger charge is -2.22. The van der Waals surface area contributed by atoms with Crippen molar-refractivity contribution < 1.29 is 13.5 Å². The van der Waals surface area contributed by atoms with Gasteiger partial charge in [0, 0.05) is 22.9 Å². The Morgan fingerprint density at radius 3 is 2.52 bits per heavy atom. The molecular weight excluding hydrogens is 294 g/mol. The van der Waals surface area contributed by atoms with Gasteiger partial charge in [0.05, 0.1) is 0 Å². The topological polar surface area (TPSA) is 47.3 Å². The molecule has 0 unspecified atom stereocenters. The van der Waals surface area contributed by atoms with Crippen LogP contribution in [0, 0.1) is 0 Å². The van der Waals surface area contributed by atoms with Crippen LogP contribution in [0.4, 0.5) is 8.78 Å². The van der Waals surface area contributed by atoms with Gasteiger partial charge in [0.15, 0.2) is 0 Å². The van der Waals surface area contributed by atoms with E-state index in [2.05, 4.69) is 25.5 Å². The quantitative estimate of drug-likeness (QED) is 0.749. The second-order valence-corrected chi connectivity index (χ2v) is 7.49. The third kappa shape index (κ3) is 6.63. The van der Waals surface area contributed by atoms with E-state index in [4.69, 9.17) is 10.5 Å². The molecule has 1 aromatic rings. The van der Waals surface area contributed by atoms with Crippen LogP contribution in [-0.2, 0) is 6.54 Å². The van der Waals surface area contributed by atoms with Crippen LogP contribution < -0.4 is 15.2 Å². The molecule has 0 aromatic heterocycles. The Balaban J connectivity index is 2.76. The SMILES string of the molecule is C[C@@H](NSC(C)(C)C)c1ccc(OCC(F)F)c(CN)c1. The summed E-state index contributed by atoms with van der Waals surface area (Å²) in [6.07, 6.45) is -2.49. The first-order valence-electron chi connectivity index (χ1n) is 6.90. The van der Waals surface area contributed by atoms with E-state index in [0.717, 1.165) is 11.1 Å². The summed E-state index contributed by atoms with van der Waals surface area (Å²) < 4.78 is 33.0. The molecule has 21 heavy (non-hydrogen) atoms. The third-order valence-electron chi connectivity index (χ3n) is 2.71. The first-order chi connectivity index (χ1) is 9.73. The van der Waals surface area contributed by atoms with Crippen LogP contribution in [0.2, 0.25) is 0 Å². The lowest BCUT2D eigenvalue weighted by Crippen LogP contribution is -2.20. The first-order valence-corrected chi connectivity index (χ1v) is 7.72. The van der Waals surface area contributed by atoms with Crippen molar-refractivity contribution in [2.75, 3.05) is 6.61 Å². The highest BCUT2D eigenvalue weighted by molar-refractivity contribution is 7.98. The van der Waals surface area contributed by atoms with Crippen molar-refractivity contribution in [3.63, 3.8) is 0 Å². The van der Waals surface area contributed by atoms with Crippen molar-refractivity contribution in [2.24, 2.45) is 5.73 Å². The summed E-state index contributed by atoms with van der Waals surface area (Å²) >= 11 is 1.66. The number of halogens is 2. The maximum absolute atomic E-state index is 12.2. The Bertz CT molecular complexity index is 450. The molecule has 0 fully saturated rings. The lowest BCUT2D eigenvalue weighted by atomic mass is 10.0. The number of alkyl halides is 2. The summed E-state index contributed by atoms with van der Waals surface area (Å²) in [4.78, 5) is 0. The standard InChI is InChI=1S/C15H24F2N2OS/c1-10(19-21-15(2,3)4)11-5-6-13(12(7-11)8-18)20-9-14(16)17/h5-7,10,14,19H,8-9,18H2,1-4H3/t10-/m1/s1. The molecule has 0 bridgehead atoms.